The molecule has 1 aliphatic rings. The highest BCUT2D eigenvalue weighted by Crippen LogP contribution is 2.21. The standard InChI is InChI=1S/C14H17N9O2/c24-10-3-21(11(25)5-23-9-15-6-20-23)1-2-22(4-10)14-12-13(17-7-16-12)18-8-19-14/h6-10,24H,1-5H2,(H,16,17,18,19)/t10-/m0/s1. The van der Waals surface area contributed by atoms with Gasteiger partial charge in [0, 0.05) is 26.2 Å². The molecule has 25 heavy (non-hydrogen) atoms. The highest BCUT2D eigenvalue weighted by Gasteiger charge is 2.26. The van der Waals surface area contributed by atoms with Gasteiger partial charge in [-0.05, 0) is 0 Å². The summed E-state index contributed by atoms with van der Waals surface area (Å²) in [4.78, 5) is 35.4. The van der Waals surface area contributed by atoms with Crippen molar-refractivity contribution >= 4 is 22.9 Å². The lowest BCUT2D eigenvalue weighted by Gasteiger charge is -2.22. The van der Waals surface area contributed by atoms with Gasteiger partial charge in [0.05, 0.1) is 12.4 Å². The van der Waals surface area contributed by atoms with Crippen LogP contribution in [0, 0.1) is 0 Å². The summed E-state index contributed by atoms with van der Waals surface area (Å²) in [6, 6.07) is 0. The number of rotatable bonds is 3. The first-order valence-corrected chi connectivity index (χ1v) is 7.88. The molecular formula is C14H17N9O2. The van der Waals surface area contributed by atoms with E-state index in [-0.39, 0.29) is 19.0 Å². The maximum Gasteiger partial charge on any atom is 0.244 e. The van der Waals surface area contributed by atoms with Gasteiger partial charge in [-0.15, -0.1) is 0 Å². The van der Waals surface area contributed by atoms with E-state index in [1.165, 1.54) is 23.7 Å². The van der Waals surface area contributed by atoms with Crippen molar-refractivity contribution in [3.63, 3.8) is 0 Å². The number of H-pyrrole nitrogens is 1. The van der Waals surface area contributed by atoms with Crippen molar-refractivity contribution in [2.45, 2.75) is 12.6 Å². The number of nitrogens with zero attached hydrogens (tertiary/aromatic N) is 8. The monoisotopic (exact) mass is 343 g/mol. The zero-order valence-corrected chi connectivity index (χ0v) is 13.4. The molecule has 0 bridgehead atoms. The van der Waals surface area contributed by atoms with Crippen LogP contribution in [0.2, 0.25) is 0 Å². The summed E-state index contributed by atoms with van der Waals surface area (Å²) >= 11 is 0. The fourth-order valence-corrected chi connectivity index (χ4v) is 2.95. The number of carbonyl (C=O) groups is 1. The smallest absolute Gasteiger partial charge is 0.244 e. The fraction of sp³-hybridized carbons (Fsp3) is 0.429. The van der Waals surface area contributed by atoms with Gasteiger partial charge in [-0.25, -0.2) is 24.6 Å². The molecule has 1 saturated heterocycles. The SMILES string of the molecule is O=C(Cn1cncn1)N1CCN(c2ncnc3nc[nH]c23)C[C@@H](O)C1. The number of aromatic amines is 1. The van der Waals surface area contributed by atoms with Crippen molar-refractivity contribution < 1.29 is 9.90 Å². The summed E-state index contributed by atoms with van der Waals surface area (Å²) in [7, 11) is 0. The van der Waals surface area contributed by atoms with E-state index in [2.05, 4.69) is 30.0 Å². The van der Waals surface area contributed by atoms with Gasteiger partial charge in [0.1, 0.15) is 31.0 Å². The quantitative estimate of drug-likeness (QED) is 0.597. The summed E-state index contributed by atoms with van der Waals surface area (Å²) in [5, 5.41) is 14.3. The molecule has 1 atom stereocenters. The Hall–Kier alpha value is -3.08. The molecule has 0 saturated carbocycles. The Morgan fingerprint density at radius 3 is 3.00 bits per heavy atom. The van der Waals surface area contributed by atoms with Crippen LogP contribution in [0.1, 0.15) is 0 Å². The number of nitrogens with one attached hydrogen (secondary N) is 1. The topological polar surface area (TPSA) is 129 Å². The average Bonchev–Trinajstić information content (AvgIpc) is 3.24. The highest BCUT2D eigenvalue weighted by atomic mass is 16.3. The van der Waals surface area contributed by atoms with E-state index in [4.69, 9.17) is 0 Å². The number of amides is 1. The Labute approximate surface area is 142 Å². The number of β-amino-alcohol motifs (C(OH)–C–C–N with tert-alkyl or cyclic N) is 1. The van der Waals surface area contributed by atoms with Crippen LogP contribution in [0.25, 0.3) is 11.2 Å². The first-order chi connectivity index (χ1) is 12.2. The molecule has 2 N–H and O–H groups in total. The molecule has 11 nitrogen and oxygen atoms in total. The van der Waals surface area contributed by atoms with Gasteiger partial charge in [-0.2, -0.15) is 5.10 Å². The van der Waals surface area contributed by atoms with Crippen LogP contribution < -0.4 is 4.90 Å². The first kappa shape index (κ1) is 15.4. The van der Waals surface area contributed by atoms with Gasteiger partial charge >= 0.3 is 0 Å². The molecule has 0 unspecified atom stereocenters. The number of aliphatic hydroxyl groups is 1. The molecule has 4 rings (SSSR count). The Bertz CT molecular complexity index is 862. The van der Waals surface area contributed by atoms with Crippen molar-refractivity contribution in [2.75, 3.05) is 31.1 Å². The minimum Gasteiger partial charge on any atom is -0.389 e. The van der Waals surface area contributed by atoms with Crippen LogP contribution in [-0.4, -0.2) is 82.9 Å². The second-order valence-electron chi connectivity index (χ2n) is 5.83. The molecule has 1 fully saturated rings. The number of aliphatic hydroxyl groups excluding tert-OH is 1. The van der Waals surface area contributed by atoms with Gasteiger partial charge in [-0.1, -0.05) is 0 Å². The summed E-state index contributed by atoms with van der Waals surface area (Å²) in [6.45, 7) is 1.76. The fourth-order valence-electron chi connectivity index (χ4n) is 2.95. The lowest BCUT2D eigenvalue weighted by atomic mass is 10.3. The molecule has 0 aromatic carbocycles. The van der Waals surface area contributed by atoms with Gasteiger partial charge in [0.15, 0.2) is 11.5 Å². The molecule has 0 spiro atoms. The third-order valence-corrected chi connectivity index (χ3v) is 4.12. The van der Waals surface area contributed by atoms with Crippen LogP contribution in [0.3, 0.4) is 0 Å². The molecule has 1 aliphatic heterocycles. The summed E-state index contributed by atoms with van der Waals surface area (Å²) < 4.78 is 1.47. The predicted molar refractivity (Wildman–Crippen MR) is 86.5 cm³/mol. The van der Waals surface area contributed by atoms with E-state index >= 15 is 0 Å². The van der Waals surface area contributed by atoms with E-state index < -0.39 is 6.10 Å². The molecule has 0 radical (unpaired) electrons. The third-order valence-electron chi connectivity index (χ3n) is 4.12. The second-order valence-corrected chi connectivity index (χ2v) is 5.83. The van der Waals surface area contributed by atoms with Gasteiger partial charge in [0.2, 0.25) is 5.91 Å². The van der Waals surface area contributed by atoms with Gasteiger partial charge in [-0.3, -0.25) is 4.79 Å². The van der Waals surface area contributed by atoms with Gasteiger partial charge in [0.25, 0.3) is 0 Å². The van der Waals surface area contributed by atoms with E-state index in [9.17, 15) is 9.90 Å². The molecule has 4 heterocycles. The molecule has 1 amide bonds. The van der Waals surface area contributed by atoms with E-state index in [1.807, 2.05) is 4.90 Å². The Balaban J connectivity index is 1.51. The normalized spacial score (nSPS) is 18.5. The first-order valence-electron chi connectivity index (χ1n) is 7.88. The lowest BCUT2D eigenvalue weighted by Crippen LogP contribution is -2.39. The Kier molecular flexibility index (Phi) is 3.98. The predicted octanol–water partition coefficient (Wildman–Crippen LogP) is -1.35. The minimum absolute atomic E-state index is 0.102. The van der Waals surface area contributed by atoms with Crippen LogP contribution >= 0.6 is 0 Å². The van der Waals surface area contributed by atoms with Crippen LogP contribution in [0.5, 0.6) is 0 Å². The highest BCUT2D eigenvalue weighted by molar-refractivity contribution is 5.82. The van der Waals surface area contributed by atoms with E-state index in [1.54, 1.807) is 11.2 Å². The average molecular weight is 343 g/mol. The van der Waals surface area contributed by atoms with Crippen molar-refractivity contribution in [3.05, 3.63) is 25.3 Å². The Morgan fingerprint density at radius 2 is 2.16 bits per heavy atom. The number of hydrogen-bond donors (Lipinski definition) is 2. The van der Waals surface area contributed by atoms with E-state index in [0.717, 1.165) is 5.52 Å². The maximum atomic E-state index is 12.4. The molecule has 3 aromatic heterocycles. The molecule has 130 valence electrons. The number of aromatic nitrogens is 7. The number of imidazole rings is 1. The summed E-state index contributed by atoms with van der Waals surface area (Å²) in [6.07, 6.45) is 5.20. The molecule has 3 aromatic rings. The molecular weight excluding hydrogens is 326 g/mol. The van der Waals surface area contributed by atoms with Crippen molar-refractivity contribution in [3.8, 4) is 0 Å². The van der Waals surface area contributed by atoms with E-state index in [0.29, 0.717) is 31.1 Å². The van der Waals surface area contributed by atoms with Crippen LogP contribution in [0.4, 0.5) is 5.82 Å². The van der Waals surface area contributed by atoms with Crippen molar-refractivity contribution in [2.24, 2.45) is 0 Å². The van der Waals surface area contributed by atoms with Crippen LogP contribution in [0.15, 0.2) is 25.3 Å². The number of fused-ring (bicyclic) bond motifs is 1. The number of anilines is 1. The van der Waals surface area contributed by atoms with Crippen molar-refractivity contribution in [1.82, 2.24) is 39.6 Å². The number of carbonyl (C=O) groups excluding carboxylic acids is 1. The van der Waals surface area contributed by atoms with Crippen molar-refractivity contribution in [1.29, 1.82) is 0 Å². The second kappa shape index (κ2) is 6.43. The zero-order chi connectivity index (χ0) is 17.2. The number of hydrogen-bond acceptors (Lipinski definition) is 8. The lowest BCUT2D eigenvalue weighted by molar-refractivity contribution is -0.132. The van der Waals surface area contributed by atoms with Crippen LogP contribution in [-0.2, 0) is 11.3 Å². The summed E-state index contributed by atoms with van der Waals surface area (Å²) in [5.74, 6) is 0.563. The minimum atomic E-state index is -0.685. The van der Waals surface area contributed by atoms with Gasteiger partial charge < -0.3 is 19.9 Å². The zero-order valence-electron chi connectivity index (χ0n) is 13.4. The Morgan fingerprint density at radius 1 is 1.24 bits per heavy atom. The third kappa shape index (κ3) is 3.13. The molecule has 0 aliphatic carbocycles. The molecule has 11 heteroatoms. The summed E-state index contributed by atoms with van der Waals surface area (Å²) in [5.41, 5.74) is 1.29. The largest absolute Gasteiger partial charge is 0.389 e. The maximum absolute atomic E-state index is 12.4.